The molecular formula is C20H18F3N3O2. The molecule has 28 heavy (non-hydrogen) atoms. The fraction of sp³-hybridized carbons (Fsp3) is 0.200. The average molecular weight is 389 g/mol. The Morgan fingerprint density at radius 3 is 2.71 bits per heavy atom. The zero-order valence-electron chi connectivity index (χ0n) is 15.0. The van der Waals surface area contributed by atoms with E-state index in [-0.39, 0.29) is 11.3 Å². The number of aromatic nitrogens is 2. The topological polar surface area (TPSA) is 56.2 Å². The molecule has 0 saturated carbocycles. The Morgan fingerprint density at radius 2 is 1.96 bits per heavy atom. The van der Waals surface area contributed by atoms with Gasteiger partial charge in [-0.3, -0.25) is 9.48 Å². The van der Waals surface area contributed by atoms with E-state index in [1.807, 2.05) is 31.2 Å². The van der Waals surface area contributed by atoms with Gasteiger partial charge in [0.05, 0.1) is 18.4 Å². The summed E-state index contributed by atoms with van der Waals surface area (Å²) in [4.78, 5) is 12.4. The second kappa shape index (κ2) is 8.16. The van der Waals surface area contributed by atoms with Gasteiger partial charge in [-0.15, -0.1) is 0 Å². The van der Waals surface area contributed by atoms with Crippen LogP contribution in [0.1, 0.15) is 21.5 Å². The van der Waals surface area contributed by atoms with Crippen LogP contribution in [0, 0.1) is 6.92 Å². The van der Waals surface area contributed by atoms with E-state index >= 15 is 0 Å². The molecular weight excluding hydrogens is 371 g/mol. The number of benzene rings is 2. The molecule has 0 atom stereocenters. The highest BCUT2D eigenvalue weighted by Crippen LogP contribution is 2.20. The van der Waals surface area contributed by atoms with Gasteiger partial charge in [0.15, 0.2) is 6.61 Å². The molecule has 3 aromatic rings. The Morgan fingerprint density at radius 1 is 1.18 bits per heavy atom. The second-order valence-electron chi connectivity index (χ2n) is 6.24. The smallest absolute Gasteiger partial charge is 0.422 e. The van der Waals surface area contributed by atoms with Crippen molar-refractivity contribution in [2.24, 2.45) is 0 Å². The van der Waals surface area contributed by atoms with Crippen LogP contribution in [-0.2, 0) is 6.54 Å². The lowest BCUT2D eigenvalue weighted by Gasteiger charge is -2.10. The molecule has 0 aliphatic carbocycles. The van der Waals surface area contributed by atoms with Crippen LogP contribution in [0.25, 0.3) is 0 Å². The number of alkyl halides is 3. The van der Waals surface area contributed by atoms with Crippen molar-refractivity contribution < 1.29 is 22.7 Å². The SMILES string of the molecule is Cc1ccccc1Cn1cc(NC(=O)c2cccc(OCC(F)(F)F)c2)cn1. The van der Waals surface area contributed by atoms with Gasteiger partial charge in [0.2, 0.25) is 0 Å². The van der Waals surface area contributed by atoms with Gasteiger partial charge in [0.25, 0.3) is 5.91 Å². The van der Waals surface area contributed by atoms with Crippen LogP contribution >= 0.6 is 0 Å². The first-order chi connectivity index (χ1) is 13.3. The molecule has 3 rings (SSSR count). The van der Waals surface area contributed by atoms with Crippen molar-refractivity contribution in [3.05, 3.63) is 77.6 Å². The number of ether oxygens (including phenoxy) is 1. The van der Waals surface area contributed by atoms with Crippen LogP contribution in [0.5, 0.6) is 5.75 Å². The van der Waals surface area contributed by atoms with E-state index in [4.69, 9.17) is 0 Å². The van der Waals surface area contributed by atoms with E-state index in [1.54, 1.807) is 10.9 Å². The maximum atomic E-state index is 12.4. The number of nitrogens with zero attached hydrogens (tertiary/aromatic N) is 2. The first-order valence-corrected chi connectivity index (χ1v) is 8.48. The number of amides is 1. The van der Waals surface area contributed by atoms with Crippen LogP contribution in [0.4, 0.5) is 18.9 Å². The third-order valence-corrected chi connectivity index (χ3v) is 3.98. The van der Waals surface area contributed by atoms with Gasteiger partial charge >= 0.3 is 6.18 Å². The number of hydrogen-bond donors (Lipinski definition) is 1. The van der Waals surface area contributed by atoms with E-state index in [9.17, 15) is 18.0 Å². The molecule has 2 aromatic carbocycles. The second-order valence-corrected chi connectivity index (χ2v) is 6.24. The highest BCUT2D eigenvalue weighted by atomic mass is 19.4. The summed E-state index contributed by atoms with van der Waals surface area (Å²) in [6.07, 6.45) is -1.24. The molecule has 1 N–H and O–H groups in total. The fourth-order valence-corrected chi connectivity index (χ4v) is 2.57. The number of halogens is 3. The molecule has 1 aromatic heterocycles. The van der Waals surface area contributed by atoms with E-state index < -0.39 is 18.7 Å². The van der Waals surface area contributed by atoms with E-state index in [1.165, 1.54) is 30.5 Å². The fourth-order valence-electron chi connectivity index (χ4n) is 2.57. The summed E-state index contributed by atoms with van der Waals surface area (Å²) < 4.78 is 43.1. The quantitative estimate of drug-likeness (QED) is 0.678. The Hall–Kier alpha value is -3.29. The highest BCUT2D eigenvalue weighted by Gasteiger charge is 2.28. The number of nitrogens with one attached hydrogen (secondary N) is 1. The lowest BCUT2D eigenvalue weighted by Crippen LogP contribution is -2.19. The molecule has 0 spiro atoms. The lowest BCUT2D eigenvalue weighted by atomic mass is 10.1. The number of hydrogen-bond acceptors (Lipinski definition) is 3. The number of rotatable bonds is 6. The minimum atomic E-state index is -4.44. The molecule has 146 valence electrons. The van der Waals surface area contributed by atoms with Crippen molar-refractivity contribution in [1.82, 2.24) is 9.78 Å². The van der Waals surface area contributed by atoms with E-state index in [2.05, 4.69) is 15.2 Å². The normalized spacial score (nSPS) is 11.3. The molecule has 1 amide bonds. The molecule has 0 fully saturated rings. The monoisotopic (exact) mass is 389 g/mol. The summed E-state index contributed by atoms with van der Waals surface area (Å²) >= 11 is 0. The molecule has 0 bridgehead atoms. The van der Waals surface area contributed by atoms with Gasteiger partial charge in [0.1, 0.15) is 5.75 Å². The molecule has 0 saturated heterocycles. The third kappa shape index (κ3) is 5.35. The Bertz CT molecular complexity index is 967. The first kappa shape index (κ1) is 19.5. The zero-order valence-corrected chi connectivity index (χ0v) is 15.0. The summed E-state index contributed by atoms with van der Waals surface area (Å²) in [5.41, 5.74) is 2.92. The number of carbonyl (C=O) groups is 1. The summed E-state index contributed by atoms with van der Waals surface area (Å²) in [5.74, 6) is -0.492. The maximum absolute atomic E-state index is 12.4. The predicted molar refractivity (Wildman–Crippen MR) is 98.5 cm³/mol. The predicted octanol–water partition coefficient (Wildman–Crippen LogP) is 4.43. The van der Waals surface area contributed by atoms with Crippen LogP contribution in [0.2, 0.25) is 0 Å². The zero-order chi connectivity index (χ0) is 20.1. The minimum absolute atomic E-state index is 0.0276. The molecule has 0 aliphatic heterocycles. The van der Waals surface area contributed by atoms with Gasteiger partial charge in [-0.2, -0.15) is 18.3 Å². The average Bonchev–Trinajstić information content (AvgIpc) is 3.08. The molecule has 0 unspecified atom stereocenters. The van der Waals surface area contributed by atoms with Crippen molar-refractivity contribution in [2.75, 3.05) is 11.9 Å². The van der Waals surface area contributed by atoms with Crippen molar-refractivity contribution in [2.45, 2.75) is 19.6 Å². The summed E-state index contributed by atoms with van der Waals surface area (Å²) in [6.45, 7) is 1.16. The molecule has 1 heterocycles. The Labute approximate surface area is 159 Å². The summed E-state index contributed by atoms with van der Waals surface area (Å²) in [7, 11) is 0. The van der Waals surface area contributed by atoms with E-state index in [0.29, 0.717) is 12.2 Å². The van der Waals surface area contributed by atoms with Crippen LogP contribution in [0.3, 0.4) is 0 Å². The number of anilines is 1. The van der Waals surface area contributed by atoms with Gasteiger partial charge in [-0.05, 0) is 36.2 Å². The van der Waals surface area contributed by atoms with Crippen molar-refractivity contribution in [1.29, 1.82) is 0 Å². The van der Waals surface area contributed by atoms with Gasteiger partial charge in [-0.25, -0.2) is 0 Å². The Kier molecular flexibility index (Phi) is 5.67. The van der Waals surface area contributed by atoms with Gasteiger partial charge in [-0.1, -0.05) is 30.3 Å². The largest absolute Gasteiger partial charge is 0.484 e. The van der Waals surface area contributed by atoms with Gasteiger partial charge in [0, 0.05) is 11.8 Å². The van der Waals surface area contributed by atoms with Crippen molar-refractivity contribution >= 4 is 11.6 Å². The number of carbonyl (C=O) groups excluding carboxylic acids is 1. The van der Waals surface area contributed by atoms with Crippen molar-refractivity contribution in [3.8, 4) is 5.75 Å². The third-order valence-electron chi connectivity index (χ3n) is 3.98. The number of aryl methyl sites for hydroxylation is 1. The standard InChI is InChI=1S/C20H18F3N3O2/c1-14-5-2-3-6-16(14)11-26-12-17(10-24-26)25-19(27)15-7-4-8-18(9-15)28-13-20(21,22)23/h2-10,12H,11,13H2,1H3,(H,25,27). The van der Waals surface area contributed by atoms with Crippen LogP contribution < -0.4 is 10.1 Å². The summed E-state index contributed by atoms with van der Waals surface area (Å²) in [5, 5.41) is 6.90. The van der Waals surface area contributed by atoms with Gasteiger partial charge < -0.3 is 10.1 Å². The van der Waals surface area contributed by atoms with Crippen molar-refractivity contribution in [3.63, 3.8) is 0 Å². The lowest BCUT2D eigenvalue weighted by molar-refractivity contribution is -0.153. The Balaban J connectivity index is 1.64. The molecule has 8 heteroatoms. The molecule has 0 aliphatic rings. The summed E-state index contributed by atoms with van der Waals surface area (Å²) in [6, 6.07) is 13.5. The van der Waals surface area contributed by atoms with Crippen LogP contribution in [0.15, 0.2) is 60.9 Å². The van der Waals surface area contributed by atoms with E-state index in [0.717, 1.165) is 11.1 Å². The molecule has 5 nitrogen and oxygen atoms in total. The maximum Gasteiger partial charge on any atom is 0.422 e. The highest BCUT2D eigenvalue weighted by molar-refractivity contribution is 6.04. The first-order valence-electron chi connectivity index (χ1n) is 8.48. The molecule has 0 radical (unpaired) electrons. The van der Waals surface area contributed by atoms with Crippen LogP contribution in [-0.4, -0.2) is 28.5 Å². The minimum Gasteiger partial charge on any atom is -0.484 e.